The van der Waals surface area contributed by atoms with Crippen LogP contribution in [-0.4, -0.2) is 11.3 Å². The highest BCUT2D eigenvalue weighted by molar-refractivity contribution is 7.00. The predicted molar refractivity (Wildman–Crippen MR) is 480 cm³/mol. The van der Waals surface area contributed by atoms with Crippen LogP contribution in [0.3, 0.4) is 0 Å². The van der Waals surface area contributed by atoms with Crippen molar-refractivity contribution in [3.05, 3.63) is 421 Å². The molecule has 0 amide bonds. The third-order valence-electron chi connectivity index (χ3n) is 23.6. The standard InChI is InChI=1S/C109H82BN3/c1-107(2,3)80-66-89(73-37-15-8-16-38-73)105(90(67-80)74-39-17-9-18-40-74)112-99-63-77(71-35-13-7-14-36-71)59-61-95(99)110-96-62-60-82(111-97-57-31-28-51-86(97)87-52-29-32-58-98(87)111)70-100(96)113(106-91(75-41-19-10-20-42-75)68-81(108(4,5)6)69-92(106)76-43-21-11-22-44-76)102-65-78(64-101(112)104(102)110)84-53-34-54-88-85-50-27-30-55-94(85)109(103(84)88,79-47-23-12-24-48-79)93-56-33-46-72-45-25-26-49-83(72)93/h7-70H,1-6H3/i7D,13D,14D,28D,29D,31D,32D,35D,36D,51D,52D,57D,58D. The first-order valence-corrected chi connectivity index (χ1v) is 38.8. The molecule has 17 aromatic carbocycles. The maximum atomic E-state index is 10.0. The third-order valence-corrected chi connectivity index (χ3v) is 23.6. The molecule has 3 nitrogen and oxygen atoms in total. The van der Waals surface area contributed by atoms with E-state index in [2.05, 4.69) is 312 Å². The molecule has 0 radical (unpaired) electrons. The van der Waals surface area contributed by atoms with Gasteiger partial charge in [0.05, 0.1) is 45.6 Å². The minimum Gasteiger partial charge on any atom is -0.310 e. The van der Waals surface area contributed by atoms with Crippen LogP contribution in [0.4, 0.5) is 34.1 Å². The summed E-state index contributed by atoms with van der Waals surface area (Å²) >= 11 is 0. The van der Waals surface area contributed by atoms with E-state index in [0.29, 0.717) is 22.6 Å². The number of rotatable bonds is 11. The fraction of sp³-hybridized carbons (Fsp3) is 0.0826. The highest BCUT2D eigenvalue weighted by Crippen LogP contribution is 2.62. The largest absolute Gasteiger partial charge is 0.310 e. The Kier molecular flexibility index (Phi) is 12.8. The maximum absolute atomic E-state index is 10.0. The molecular formula is C109H82BN3. The molecule has 4 heteroatoms. The molecule has 2 aliphatic heterocycles. The molecule has 0 saturated heterocycles. The van der Waals surface area contributed by atoms with Crippen LogP contribution >= 0.6 is 0 Å². The predicted octanol–water partition coefficient (Wildman–Crippen LogP) is 27.0. The van der Waals surface area contributed by atoms with E-state index in [1.807, 2.05) is 48.5 Å². The van der Waals surface area contributed by atoms with Crippen LogP contribution in [-0.2, 0) is 16.2 Å². The Bertz CT molecular complexity index is 7420. The molecule has 0 fully saturated rings. The van der Waals surface area contributed by atoms with Gasteiger partial charge in [0, 0.05) is 61.5 Å². The zero-order valence-corrected chi connectivity index (χ0v) is 63.4. The Morgan fingerprint density at radius 3 is 1.27 bits per heavy atom. The number of nitrogens with zero attached hydrogens (tertiary/aromatic N) is 3. The second-order valence-electron chi connectivity index (χ2n) is 32.1. The Morgan fingerprint density at radius 2 is 0.726 bits per heavy atom. The number of para-hydroxylation sites is 2. The molecule has 18 aromatic rings. The van der Waals surface area contributed by atoms with Crippen molar-refractivity contribution >= 4 is 89.8 Å². The first kappa shape index (κ1) is 55.0. The van der Waals surface area contributed by atoms with E-state index in [1.165, 1.54) is 0 Å². The lowest BCUT2D eigenvalue weighted by atomic mass is 9.33. The molecule has 113 heavy (non-hydrogen) atoms. The molecule has 1 aromatic heterocycles. The lowest BCUT2D eigenvalue weighted by Gasteiger charge is -2.46. The van der Waals surface area contributed by atoms with Crippen LogP contribution in [0.5, 0.6) is 0 Å². The Morgan fingerprint density at radius 1 is 0.301 bits per heavy atom. The van der Waals surface area contributed by atoms with Gasteiger partial charge < -0.3 is 14.4 Å². The van der Waals surface area contributed by atoms with Gasteiger partial charge in [-0.05, 0) is 194 Å². The quantitative estimate of drug-likeness (QED) is 0.120. The number of hydrogen-bond acceptors (Lipinski definition) is 2. The van der Waals surface area contributed by atoms with Gasteiger partial charge in [0.15, 0.2) is 0 Å². The number of anilines is 6. The fourth-order valence-electron chi connectivity index (χ4n) is 18.5. The molecule has 0 spiro atoms. The van der Waals surface area contributed by atoms with Gasteiger partial charge in [0.25, 0.3) is 6.71 Å². The average Bonchev–Trinajstić information content (AvgIpc) is 1.26. The summed E-state index contributed by atoms with van der Waals surface area (Å²) in [4.78, 5) is 4.82. The van der Waals surface area contributed by atoms with Gasteiger partial charge >= 0.3 is 0 Å². The smallest absolute Gasteiger partial charge is 0.252 e. The molecule has 1 aliphatic carbocycles. The highest BCUT2D eigenvalue weighted by Gasteiger charge is 2.51. The molecule has 0 N–H and O–H groups in total. The molecule has 3 aliphatic rings. The van der Waals surface area contributed by atoms with Crippen LogP contribution in [0, 0.1) is 0 Å². The van der Waals surface area contributed by atoms with Crippen molar-refractivity contribution < 1.29 is 17.8 Å². The molecule has 21 rings (SSSR count). The van der Waals surface area contributed by atoms with Gasteiger partial charge in [-0.2, -0.15) is 0 Å². The lowest BCUT2D eigenvalue weighted by molar-refractivity contribution is 0.590. The van der Waals surface area contributed by atoms with Crippen molar-refractivity contribution in [2.75, 3.05) is 9.80 Å². The van der Waals surface area contributed by atoms with Crippen molar-refractivity contribution in [2.24, 2.45) is 0 Å². The van der Waals surface area contributed by atoms with E-state index < -0.39 is 89.4 Å². The summed E-state index contributed by atoms with van der Waals surface area (Å²) in [5.74, 6) is 0. The Hall–Kier alpha value is -13.5. The topological polar surface area (TPSA) is 11.4 Å². The Labute approximate surface area is 681 Å². The first-order valence-electron chi connectivity index (χ1n) is 45.3. The minimum atomic E-state index is -1.02. The van der Waals surface area contributed by atoms with E-state index in [9.17, 15) is 16.4 Å². The summed E-state index contributed by atoms with van der Waals surface area (Å²) in [5.41, 5.74) is 22.9. The molecule has 1 atom stereocenters. The van der Waals surface area contributed by atoms with Gasteiger partial charge in [0.2, 0.25) is 0 Å². The van der Waals surface area contributed by atoms with Crippen molar-refractivity contribution in [1.82, 2.24) is 4.57 Å². The first-order chi connectivity index (χ1) is 60.8. The summed E-state index contributed by atoms with van der Waals surface area (Å²) in [7, 11) is 0. The van der Waals surface area contributed by atoms with Crippen LogP contribution < -0.4 is 26.2 Å². The summed E-state index contributed by atoms with van der Waals surface area (Å²) < 4.78 is 126. The van der Waals surface area contributed by atoms with Crippen LogP contribution in [0.15, 0.2) is 388 Å². The lowest BCUT2D eigenvalue weighted by Crippen LogP contribution is -2.61. The number of benzene rings is 17. The van der Waals surface area contributed by atoms with E-state index in [0.717, 1.165) is 150 Å². The van der Waals surface area contributed by atoms with Crippen LogP contribution in [0.2, 0.25) is 0 Å². The molecule has 536 valence electrons. The molecule has 0 bridgehead atoms. The van der Waals surface area contributed by atoms with Gasteiger partial charge in [-0.15, -0.1) is 0 Å². The van der Waals surface area contributed by atoms with Gasteiger partial charge in [-0.3, -0.25) is 0 Å². The summed E-state index contributed by atoms with van der Waals surface area (Å²) in [6.07, 6.45) is 0. The van der Waals surface area contributed by atoms with Crippen LogP contribution in [0.25, 0.3) is 116 Å². The van der Waals surface area contributed by atoms with Gasteiger partial charge in [-0.1, -0.05) is 363 Å². The SMILES string of the molecule is [2H]c1c([2H])c([2H])c(-c2ccc3c(c2)N(c2c(-c4ccccc4)cc(C(C)(C)C)cc2-c2ccccc2)c2cc(-c4cccc5c4C(c4ccccc4)(c4cccc6ccccc46)c4ccccc4-5)cc4c2B3c2ccc(-n3c5c([2H])c([2H])c([2H])c([2H])c5c5c([2H])c([2H])c([2H])c([2H])c53)cc2N4c2c(-c3ccccc3)cc(C(C)(C)C)cc2-c2ccccc2)c([2H])c1[2H]. The number of fused-ring (bicyclic) bond motifs is 11. The van der Waals surface area contributed by atoms with Gasteiger partial charge in [0.1, 0.15) is 0 Å². The normalized spacial score (nSPS) is 15.7. The summed E-state index contributed by atoms with van der Waals surface area (Å²) in [6, 6.07) is 103. The molecule has 0 saturated carbocycles. The zero-order chi connectivity index (χ0) is 87.2. The molecule has 1 unspecified atom stereocenters. The third kappa shape index (κ3) is 10.7. The fourth-order valence-corrected chi connectivity index (χ4v) is 18.5. The van der Waals surface area contributed by atoms with Crippen molar-refractivity contribution in [2.45, 2.75) is 57.8 Å². The van der Waals surface area contributed by atoms with Gasteiger partial charge in [-0.25, -0.2) is 0 Å². The minimum absolute atomic E-state index is 0.0197. The number of hydrogen-bond donors (Lipinski definition) is 0. The number of aromatic nitrogens is 1. The van der Waals surface area contributed by atoms with E-state index in [4.69, 9.17) is 1.37 Å². The van der Waals surface area contributed by atoms with E-state index in [1.54, 1.807) is 4.57 Å². The van der Waals surface area contributed by atoms with Crippen molar-refractivity contribution in [1.29, 1.82) is 0 Å². The molecular weight excluding hydrogens is 1360 g/mol. The van der Waals surface area contributed by atoms with E-state index >= 15 is 0 Å². The van der Waals surface area contributed by atoms with Crippen molar-refractivity contribution in [3.63, 3.8) is 0 Å². The van der Waals surface area contributed by atoms with E-state index in [-0.39, 0.29) is 39.5 Å². The molecule has 3 heterocycles. The van der Waals surface area contributed by atoms with Crippen molar-refractivity contribution in [3.8, 4) is 83.6 Å². The maximum Gasteiger partial charge on any atom is 0.252 e. The average molecular weight is 1460 g/mol. The highest BCUT2D eigenvalue weighted by atomic mass is 15.2. The second-order valence-corrected chi connectivity index (χ2v) is 32.1. The summed E-state index contributed by atoms with van der Waals surface area (Å²) in [5, 5.41) is 2.04. The summed E-state index contributed by atoms with van der Waals surface area (Å²) in [6.45, 7) is 12.6. The Balaban J connectivity index is 1.01. The second kappa shape index (κ2) is 26.3. The monoisotopic (exact) mass is 1460 g/mol. The zero-order valence-electron chi connectivity index (χ0n) is 76.4. The van der Waals surface area contributed by atoms with Crippen LogP contribution in [0.1, 0.15) is 92.7 Å².